The van der Waals surface area contributed by atoms with Crippen LogP contribution in [0.5, 0.6) is 5.75 Å². The summed E-state index contributed by atoms with van der Waals surface area (Å²) in [6.45, 7) is 3.94. The van der Waals surface area contributed by atoms with Gasteiger partial charge in [0.1, 0.15) is 17.4 Å². The number of hydrogen-bond acceptors (Lipinski definition) is 7. The molecule has 1 N–H and O–H groups in total. The van der Waals surface area contributed by atoms with Crippen LogP contribution in [-0.2, 0) is 0 Å². The average Bonchev–Trinajstić information content (AvgIpc) is 3.34. The van der Waals surface area contributed by atoms with Crippen molar-refractivity contribution in [3.63, 3.8) is 0 Å². The highest BCUT2D eigenvalue weighted by atomic mass is 32.1. The molecule has 0 bridgehead atoms. The fourth-order valence-corrected chi connectivity index (χ4v) is 4.22. The molecule has 0 aliphatic carbocycles. The average molecular weight is 429 g/mol. The molecular weight excluding hydrogens is 408 g/mol. The van der Waals surface area contributed by atoms with E-state index in [9.17, 15) is 0 Å². The minimum Gasteiger partial charge on any atom is -0.496 e. The second-order valence-corrected chi connectivity index (χ2v) is 7.96. The Morgan fingerprint density at radius 3 is 2.58 bits per heavy atom. The summed E-state index contributed by atoms with van der Waals surface area (Å²) < 4.78 is 7.33. The number of methoxy groups -OCH3 is 1. The third kappa shape index (κ3) is 3.73. The number of hydrogen-bond donors (Lipinski definition) is 1. The zero-order valence-electron chi connectivity index (χ0n) is 17.3. The number of nitrogens with zero attached hydrogens (tertiary/aromatic N) is 5. The van der Waals surface area contributed by atoms with Crippen molar-refractivity contribution in [3.05, 3.63) is 71.4 Å². The van der Waals surface area contributed by atoms with Gasteiger partial charge in [0.15, 0.2) is 0 Å². The van der Waals surface area contributed by atoms with Gasteiger partial charge in [-0.2, -0.15) is 4.98 Å². The molecule has 7 nitrogen and oxygen atoms in total. The van der Waals surface area contributed by atoms with E-state index in [-0.39, 0.29) is 0 Å². The first kappa shape index (κ1) is 19.2. The Hall–Kier alpha value is -3.78. The summed E-state index contributed by atoms with van der Waals surface area (Å²) in [6, 6.07) is 18.1. The predicted octanol–water partition coefficient (Wildman–Crippen LogP) is 5.28. The summed E-state index contributed by atoms with van der Waals surface area (Å²) in [5.74, 6) is 2.61. The van der Waals surface area contributed by atoms with Gasteiger partial charge < -0.3 is 10.1 Å². The Kier molecular flexibility index (Phi) is 4.83. The largest absolute Gasteiger partial charge is 0.496 e. The number of ether oxygens (including phenoxy) is 1. The van der Waals surface area contributed by atoms with Crippen LogP contribution in [0.25, 0.3) is 27.5 Å². The van der Waals surface area contributed by atoms with Crippen LogP contribution in [0.1, 0.15) is 11.4 Å². The molecule has 3 heterocycles. The third-order valence-corrected chi connectivity index (χ3v) is 5.71. The van der Waals surface area contributed by atoms with Crippen molar-refractivity contribution in [2.24, 2.45) is 0 Å². The van der Waals surface area contributed by atoms with E-state index in [2.05, 4.69) is 56.6 Å². The second kappa shape index (κ2) is 7.81. The van der Waals surface area contributed by atoms with E-state index >= 15 is 0 Å². The van der Waals surface area contributed by atoms with Crippen molar-refractivity contribution in [1.82, 2.24) is 24.6 Å². The topological polar surface area (TPSA) is 77.2 Å². The van der Waals surface area contributed by atoms with Gasteiger partial charge in [-0.1, -0.05) is 42.0 Å². The second-order valence-electron chi connectivity index (χ2n) is 7.13. The molecule has 0 saturated carbocycles. The highest BCUT2D eigenvalue weighted by Crippen LogP contribution is 2.33. The van der Waals surface area contributed by atoms with Crippen LogP contribution in [0.4, 0.5) is 11.8 Å². The molecule has 0 atom stereocenters. The minimum atomic E-state index is 0.482. The maximum absolute atomic E-state index is 5.51. The highest BCUT2D eigenvalue weighted by Gasteiger charge is 2.15. The van der Waals surface area contributed by atoms with E-state index in [1.54, 1.807) is 7.11 Å². The molecule has 0 radical (unpaired) electrons. The SMILES string of the molecule is COc1ccccc1-c1csc2nc(Nc3cc(-c4ccc(C)cc4)nc(C)n3)nn12. The van der Waals surface area contributed by atoms with Crippen LogP contribution in [0.3, 0.4) is 0 Å². The van der Waals surface area contributed by atoms with Crippen molar-refractivity contribution >= 4 is 28.1 Å². The lowest BCUT2D eigenvalue weighted by Gasteiger charge is -2.07. The van der Waals surface area contributed by atoms with Gasteiger partial charge in [0.2, 0.25) is 10.9 Å². The first-order chi connectivity index (χ1) is 15.1. The highest BCUT2D eigenvalue weighted by molar-refractivity contribution is 7.15. The number of benzene rings is 2. The Bertz CT molecular complexity index is 1370. The van der Waals surface area contributed by atoms with E-state index in [0.717, 1.165) is 33.2 Å². The standard InChI is InChI=1S/C23H20N6OS/c1-14-8-10-16(11-9-14)18-12-21(25-15(2)24-18)26-22-27-23-29(28-22)19(13-31-23)17-6-4-5-7-20(17)30-3/h4-13H,1-3H3,(H,24,25,26,28). The number of anilines is 2. The van der Waals surface area contributed by atoms with Crippen LogP contribution in [0.2, 0.25) is 0 Å². The normalized spacial score (nSPS) is 11.1. The molecule has 0 aliphatic rings. The number of aromatic nitrogens is 5. The summed E-state index contributed by atoms with van der Waals surface area (Å²) >= 11 is 1.52. The summed E-state index contributed by atoms with van der Waals surface area (Å²) in [4.78, 5) is 14.5. The minimum absolute atomic E-state index is 0.482. The zero-order chi connectivity index (χ0) is 21.4. The summed E-state index contributed by atoms with van der Waals surface area (Å²) in [5, 5.41) is 9.91. The zero-order valence-corrected chi connectivity index (χ0v) is 18.1. The molecular formula is C23H20N6OS. The third-order valence-electron chi connectivity index (χ3n) is 4.89. The van der Waals surface area contributed by atoms with Crippen LogP contribution in [-0.4, -0.2) is 31.7 Å². The van der Waals surface area contributed by atoms with Crippen molar-refractivity contribution < 1.29 is 4.74 Å². The van der Waals surface area contributed by atoms with E-state index in [1.165, 1.54) is 16.9 Å². The maximum Gasteiger partial charge on any atom is 0.249 e. The molecule has 5 rings (SSSR count). The van der Waals surface area contributed by atoms with Crippen LogP contribution in [0, 0.1) is 13.8 Å². The number of rotatable bonds is 5. The molecule has 5 aromatic rings. The lowest BCUT2D eigenvalue weighted by Crippen LogP contribution is -2.00. The van der Waals surface area contributed by atoms with Crippen molar-refractivity contribution in [1.29, 1.82) is 0 Å². The van der Waals surface area contributed by atoms with Crippen molar-refractivity contribution in [3.8, 4) is 28.3 Å². The van der Waals surface area contributed by atoms with Gasteiger partial charge in [0.25, 0.3) is 0 Å². The molecule has 0 fully saturated rings. The van der Waals surface area contributed by atoms with Gasteiger partial charge in [-0.15, -0.1) is 16.4 Å². The number of fused-ring (bicyclic) bond motifs is 1. The lowest BCUT2D eigenvalue weighted by atomic mass is 10.1. The number of aryl methyl sites for hydroxylation is 2. The van der Waals surface area contributed by atoms with Crippen LogP contribution in [0.15, 0.2) is 60.0 Å². The summed E-state index contributed by atoms with van der Waals surface area (Å²) in [5.41, 5.74) is 4.99. The van der Waals surface area contributed by atoms with E-state index in [4.69, 9.17) is 4.74 Å². The fourth-order valence-electron chi connectivity index (χ4n) is 3.39. The molecule has 3 aromatic heterocycles. The first-order valence-electron chi connectivity index (χ1n) is 9.78. The molecule has 0 amide bonds. The molecule has 154 valence electrons. The fraction of sp³-hybridized carbons (Fsp3) is 0.130. The molecule has 2 aromatic carbocycles. The lowest BCUT2D eigenvalue weighted by molar-refractivity contribution is 0.416. The quantitative estimate of drug-likeness (QED) is 0.410. The Morgan fingerprint density at radius 2 is 1.77 bits per heavy atom. The monoisotopic (exact) mass is 428 g/mol. The van der Waals surface area contributed by atoms with Gasteiger partial charge in [-0.25, -0.2) is 14.5 Å². The first-order valence-corrected chi connectivity index (χ1v) is 10.7. The number of thiazole rings is 1. The van der Waals surface area contributed by atoms with Crippen molar-refractivity contribution in [2.75, 3.05) is 12.4 Å². The molecule has 8 heteroatoms. The molecule has 0 spiro atoms. The predicted molar refractivity (Wildman–Crippen MR) is 123 cm³/mol. The van der Waals surface area contributed by atoms with E-state index in [0.29, 0.717) is 17.6 Å². The van der Waals surface area contributed by atoms with Gasteiger partial charge in [0, 0.05) is 22.6 Å². The Balaban J connectivity index is 1.49. The smallest absolute Gasteiger partial charge is 0.249 e. The molecule has 31 heavy (non-hydrogen) atoms. The van der Waals surface area contributed by atoms with E-state index < -0.39 is 0 Å². The molecule has 0 unspecified atom stereocenters. The van der Waals surface area contributed by atoms with Crippen LogP contribution < -0.4 is 10.1 Å². The summed E-state index contributed by atoms with van der Waals surface area (Å²) in [7, 11) is 1.67. The molecule has 0 aliphatic heterocycles. The number of para-hydroxylation sites is 1. The van der Waals surface area contributed by atoms with Gasteiger partial charge in [-0.05, 0) is 26.0 Å². The van der Waals surface area contributed by atoms with Gasteiger partial charge in [0.05, 0.1) is 18.5 Å². The Labute approximate surface area is 183 Å². The van der Waals surface area contributed by atoms with Crippen LogP contribution >= 0.6 is 11.3 Å². The number of nitrogens with one attached hydrogen (secondary N) is 1. The maximum atomic E-state index is 5.51. The Morgan fingerprint density at radius 1 is 0.968 bits per heavy atom. The van der Waals surface area contributed by atoms with Crippen molar-refractivity contribution in [2.45, 2.75) is 13.8 Å². The van der Waals surface area contributed by atoms with E-state index in [1.807, 2.05) is 47.2 Å². The summed E-state index contributed by atoms with van der Waals surface area (Å²) in [6.07, 6.45) is 0. The van der Waals surface area contributed by atoms with Gasteiger partial charge >= 0.3 is 0 Å². The molecule has 0 saturated heterocycles. The van der Waals surface area contributed by atoms with Gasteiger partial charge in [-0.3, -0.25) is 0 Å².